The highest BCUT2D eigenvalue weighted by atomic mass is 79.9. The number of halogens is 1. The molecule has 1 heterocycles. The molecule has 2 rings (SSSR count). The van der Waals surface area contributed by atoms with Gasteiger partial charge in [0.05, 0.1) is 4.92 Å². The summed E-state index contributed by atoms with van der Waals surface area (Å²) in [4.78, 5) is 10.4. The third kappa shape index (κ3) is 3.26. The van der Waals surface area contributed by atoms with Crippen molar-refractivity contribution in [2.24, 2.45) is 0 Å². The number of furan rings is 1. The van der Waals surface area contributed by atoms with Gasteiger partial charge in [-0.05, 0) is 32.2 Å². The first-order chi connectivity index (χ1) is 9.51. The molecule has 0 amide bonds. The third-order valence-electron chi connectivity index (χ3n) is 3.09. The number of nitro benzene ring substituents is 1. The van der Waals surface area contributed by atoms with Gasteiger partial charge in [-0.15, -0.1) is 0 Å². The maximum atomic E-state index is 10.8. The van der Waals surface area contributed by atoms with E-state index >= 15 is 0 Å². The molecule has 1 N–H and O–H groups in total. The van der Waals surface area contributed by atoms with E-state index in [9.17, 15) is 10.1 Å². The van der Waals surface area contributed by atoms with Gasteiger partial charge >= 0.3 is 0 Å². The van der Waals surface area contributed by atoms with E-state index in [4.69, 9.17) is 4.42 Å². The van der Waals surface area contributed by atoms with Gasteiger partial charge in [0.2, 0.25) is 0 Å². The van der Waals surface area contributed by atoms with Gasteiger partial charge < -0.3 is 9.73 Å². The fraction of sp³-hybridized carbons (Fsp3) is 0.286. The standard InChI is InChI=1S/C14H15BrN2O3/c1-9(16-2)7-11-4-6-14(20-11)12-8-10(17(18)19)3-5-13(12)15/h3-6,8-9,16H,7H2,1-2H3. The van der Waals surface area contributed by atoms with E-state index < -0.39 is 4.92 Å². The van der Waals surface area contributed by atoms with Crippen molar-refractivity contribution in [3.8, 4) is 11.3 Å². The molecule has 0 bridgehead atoms. The molecule has 0 aliphatic carbocycles. The molecule has 1 aromatic carbocycles. The molecular formula is C14H15BrN2O3. The maximum absolute atomic E-state index is 10.8. The zero-order valence-corrected chi connectivity index (χ0v) is 12.8. The van der Waals surface area contributed by atoms with Crippen molar-refractivity contribution in [2.45, 2.75) is 19.4 Å². The Morgan fingerprint density at radius 1 is 1.40 bits per heavy atom. The van der Waals surface area contributed by atoms with Crippen molar-refractivity contribution in [2.75, 3.05) is 7.05 Å². The fourth-order valence-corrected chi connectivity index (χ4v) is 2.29. The minimum Gasteiger partial charge on any atom is -0.461 e. The molecule has 1 atom stereocenters. The molecule has 0 aliphatic rings. The van der Waals surface area contributed by atoms with Gasteiger partial charge in [0, 0.05) is 34.6 Å². The largest absolute Gasteiger partial charge is 0.461 e. The summed E-state index contributed by atoms with van der Waals surface area (Å²) in [7, 11) is 1.89. The maximum Gasteiger partial charge on any atom is 0.270 e. The van der Waals surface area contributed by atoms with Crippen LogP contribution in [0.2, 0.25) is 0 Å². The van der Waals surface area contributed by atoms with Crippen molar-refractivity contribution in [1.29, 1.82) is 0 Å². The first-order valence-corrected chi connectivity index (χ1v) is 7.01. The predicted molar refractivity (Wildman–Crippen MR) is 80.7 cm³/mol. The predicted octanol–water partition coefficient (Wildman–Crippen LogP) is 3.77. The number of nitrogens with one attached hydrogen (secondary N) is 1. The number of benzene rings is 1. The monoisotopic (exact) mass is 338 g/mol. The first kappa shape index (κ1) is 14.7. The van der Waals surface area contributed by atoms with Crippen LogP contribution in [0.15, 0.2) is 39.2 Å². The number of rotatable bonds is 5. The molecule has 0 radical (unpaired) electrons. The second kappa shape index (κ2) is 6.19. The number of nitrogens with zero attached hydrogens (tertiary/aromatic N) is 1. The van der Waals surface area contributed by atoms with Crippen LogP contribution < -0.4 is 5.32 Å². The van der Waals surface area contributed by atoms with E-state index in [1.807, 2.05) is 19.2 Å². The van der Waals surface area contributed by atoms with Gasteiger partial charge in [-0.1, -0.05) is 15.9 Å². The van der Waals surface area contributed by atoms with Crippen LogP contribution >= 0.6 is 15.9 Å². The molecule has 0 fully saturated rings. The van der Waals surface area contributed by atoms with E-state index in [-0.39, 0.29) is 5.69 Å². The summed E-state index contributed by atoms with van der Waals surface area (Å²) in [6, 6.07) is 8.67. The van der Waals surface area contributed by atoms with Gasteiger partial charge in [0.15, 0.2) is 0 Å². The average molecular weight is 339 g/mol. The zero-order valence-electron chi connectivity index (χ0n) is 11.2. The molecule has 5 nitrogen and oxygen atoms in total. The first-order valence-electron chi connectivity index (χ1n) is 6.21. The van der Waals surface area contributed by atoms with E-state index in [0.29, 0.717) is 17.4 Å². The molecule has 1 aromatic heterocycles. The minimum absolute atomic E-state index is 0.0461. The molecule has 0 saturated carbocycles. The number of hydrogen-bond acceptors (Lipinski definition) is 4. The van der Waals surface area contributed by atoms with Crippen molar-refractivity contribution < 1.29 is 9.34 Å². The molecule has 0 spiro atoms. The summed E-state index contributed by atoms with van der Waals surface area (Å²) in [6.07, 6.45) is 0.767. The lowest BCUT2D eigenvalue weighted by Crippen LogP contribution is -2.23. The van der Waals surface area contributed by atoms with Crippen molar-refractivity contribution in [1.82, 2.24) is 5.32 Å². The van der Waals surface area contributed by atoms with E-state index in [1.54, 1.807) is 6.07 Å². The molecule has 106 valence electrons. The lowest BCUT2D eigenvalue weighted by Gasteiger charge is -2.07. The topological polar surface area (TPSA) is 68.3 Å². The third-order valence-corrected chi connectivity index (χ3v) is 3.78. The Labute approximate surface area is 125 Å². The van der Waals surface area contributed by atoms with Crippen LogP contribution in [0.1, 0.15) is 12.7 Å². The average Bonchev–Trinajstić information content (AvgIpc) is 2.87. The lowest BCUT2D eigenvalue weighted by molar-refractivity contribution is -0.384. The second-order valence-electron chi connectivity index (χ2n) is 4.58. The van der Waals surface area contributed by atoms with Crippen LogP contribution in [0.3, 0.4) is 0 Å². The van der Waals surface area contributed by atoms with Gasteiger partial charge in [-0.2, -0.15) is 0 Å². The quantitative estimate of drug-likeness (QED) is 0.665. The SMILES string of the molecule is CNC(C)Cc1ccc(-c2cc([N+](=O)[O-])ccc2Br)o1. The Hall–Kier alpha value is -1.66. The molecule has 2 aromatic rings. The molecule has 20 heavy (non-hydrogen) atoms. The van der Waals surface area contributed by atoms with Crippen LogP contribution in [-0.2, 0) is 6.42 Å². The normalized spacial score (nSPS) is 12.3. The smallest absolute Gasteiger partial charge is 0.270 e. The Bertz CT molecular complexity index is 625. The fourth-order valence-electron chi connectivity index (χ4n) is 1.85. The van der Waals surface area contributed by atoms with Crippen molar-refractivity contribution in [3.63, 3.8) is 0 Å². The van der Waals surface area contributed by atoms with Crippen molar-refractivity contribution >= 4 is 21.6 Å². The van der Waals surface area contributed by atoms with E-state index in [2.05, 4.69) is 28.2 Å². The summed E-state index contributed by atoms with van der Waals surface area (Å²) in [5.41, 5.74) is 0.729. The number of likely N-dealkylation sites (N-methyl/N-ethyl adjacent to an activating group) is 1. The summed E-state index contributed by atoms with van der Waals surface area (Å²) in [5.74, 6) is 1.47. The molecule has 0 aliphatic heterocycles. The zero-order chi connectivity index (χ0) is 14.7. The Morgan fingerprint density at radius 2 is 2.15 bits per heavy atom. The van der Waals surface area contributed by atoms with Gasteiger partial charge in [0.1, 0.15) is 11.5 Å². The number of hydrogen-bond donors (Lipinski definition) is 1. The number of non-ortho nitro benzene ring substituents is 1. The van der Waals surface area contributed by atoms with Crippen molar-refractivity contribution in [3.05, 3.63) is 50.7 Å². The Balaban J connectivity index is 2.32. The van der Waals surface area contributed by atoms with Gasteiger partial charge in [-0.25, -0.2) is 0 Å². The molecule has 0 saturated heterocycles. The van der Waals surface area contributed by atoms with Gasteiger partial charge in [0.25, 0.3) is 5.69 Å². The minimum atomic E-state index is -0.414. The highest BCUT2D eigenvalue weighted by Crippen LogP contribution is 2.33. The Morgan fingerprint density at radius 3 is 2.80 bits per heavy atom. The molecule has 1 unspecified atom stereocenters. The van der Waals surface area contributed by atoms with Crippen LogP contribution in [0, 0.1) is 10.1 Å². The lowest BCUT2D eigenvalue weighted by atomic mass is 10.1. The Kier molecular flexibility index (Phi) is 4.57. The summed E-state index contributed by atoms with van der Waals surface area (Å²) >= 11 is 3.40. The van der Waals surface area contributed by atoms with Gasteiger partial charge in [-0.3, -0.25) is 10.1 Å². The van der Waals surface area contributed by atoms with Crippen LogP contribution in [-0.4, -0.2) is 18.0 Å². The van der Waals surface area contributed by atoms with Crippen LogP contribution in [0.5, 0.6) is 0 Å². The number of nitro groups is 1. The van der Waals surface area contributed by atoms with E-state index in [1.165, 1.54) is 12.1 Å². The molecular weight excluding hydrogens is 324 g/mol. The van der Waals surface area contributed by atoms with Crippen LogP contribution in [0.4, 0.5) is 5.69 Å². The summed E-state index contributed by atoms with van der Waals surface area (Å²) in [5, 5.41) is 14.0. The van der Waals surface area contributed by atoms with E-state index in [0.717, 1.165) is 16.7 Å². The highest BCUT2D eigenvalue weighted by molar-refractivity contribution is 9.10. The second-order valence-corrected chi connectivity index (χ2v) is 5.44. The van der Waals surface area contributed by atoms with Crippen LogP contribution in [0.25, 0.3) is 11.3 Å². The summed E-state index contributed by atoms with van der Waals surface area (Å²) in [6.45, 7) is 2.06. The summed E-state index contributed by atoms with van der Waals surface area (Å²) < 4.78 is 6.53. The molecule has 6 heteroatoms. The highest BCUT2D eigenvalue weighted by Gasteiger charge is 2.14.